The molecule has 2 amide bonds. The van der Waals surface area contributed by atoms with Crippen molar-refractivity contribution in [3.05, 3.63) is 77.7 Å². The highest BCUT2D eigenvalue weighted by Crippen LogP contribution is 2.27. The van der Waals surface area contributed by atoms with Gasteiger partial charge >= 0.3 is 0 Å². The third-order valence-corrected chi connectivity index (χ3v) is 7.56. The number of rotatable bonds is 7. The molecule has 1 saturated heterocycles. The first-order chi connectivity index (χ1) is 16.8. The lowest BCUT2D eigenvalue weighted by molar-refractivity contribution is 0.0515. The molecule has 0 saturated carbocycles. The topological polar surface area (TPSA) is 106 Å². The minimum absolute atomic E-state index is 0.00102. The number of hydrogen-bond acceptors (Lipinski definition) is 7. The Morgan fingerprint density at radius 3 is 2.17 bits per heavy atom. The van der Waals surface area contributed by atoms with E-state index in [4.69, 9.17) is 13.9 Å². The quantitative estimate of drug-likeness (QED) is 0.493. The molecule has 0 N–H and O–H groups in total. The zero-order chi connectivity index (χ0) is 25.0. The molecular formula is C25H26N2O7S. The van der Waals surface area contributed by atoms with Gasteiger partial charge in [-0.1, -0.05) is 18.2 Å². The lowest BCUT2D eigenvalue weighted by Crippen LogP contribution is -2.50. The number of carbonyl (C=O) groups excluding carboxylic acids is 2. The van der Waals surface area contributed by atoms with Crippen LogP contribution in [0.3, 0.4) is 0 Å². The molecule has 1 aliphatic rings. The molecule has 3 aromatic rings. The molecule has 4 rings (SSSR count). The monoisotopic (exact) mass is 498 g/mol. The predicted octanol–water partition coefficient (Wildman–Crippen LogP) is 2.87. The maximum absolute atomic E-state index is 13.1. The van der Waals surface area contributed by atoms with Gasteiger partial charge in [0, 0.05) is 37.8 Å². The molecule has 0 aliphatic carbocycles. The number of nitrogens with zero attached hydrogens (tertiary/aromatic N) is 2. The third kappa shape index (κ3) is 5.17. The van der Waals surface area contributed by atoms with E-state index in [1.54, 1.807) is 46.2 Å². The van der Waals surface area contributed by atoms with Crippen LogP contribution in [0.4, 0.5) is 0 Å². The molecule has 0 unspecified atom stereocenters. The lowest BCUT2D eigenvalue weighted by Gasteiger charge is -2.34. The van der Waals surface area contributed by atoms with Crippen LogP contribution in [-0.2, 0) is 15.6 Å². The second-order valence-electron chi connectivity index (χ2n) is 8.00. The Balaban J connectivity index is 1.43. The van der Waals surface area contributed by atoms with E-state index in [9.17, 15) is 18.0 Å². The highest BCUT2D eigenvalue weighted by Gasteiger charge is 2.30. The fourth-order valence-corrected chi connectivity index (χ4v) is 5.33. The van der Waals surface area contributed by atoms with E-state index in [2.05, 4.69) is 0 Å². The summed E-state index contributed by atoms with van der Waals surface area (Å²) in [6, 6.07) is 14.6. The predicted molar refractivity (Wildman–Crippen MR) is 127 cm³/mol. The molecule has 2 aromatic carbocycles. The molecule has 1 aromatic heterocycles. The standard InChI is InChI=1S/C25H26N2O7S/c1-32-19-8-9-21(22(16-19)33-2)24(28)26-11-13-27(14-12-26)25(29)23-18(10-15-34-23)17-35(30,31)20-6-4-3-5-7-20/h3-10,15-16H,11-14,17H2,1-2H3. The molecule has 184 valence electrons. The maximum Gasteiger partial charge on any atom is 0.289 e. The Kier molecular flexibility index (Phi) is 7.11. The molecular weight excluding hydrogens is 472 g/mol. The molecule has 9 nitrogen and oxygen atoms in total. The Bertz CT molecular complexity index is 1310. The fourth-order valence-electron chi connectivity index (χ4n) is 3.95. The first kappa shape index (κ1) is 24.3. The fraction of sp³-hybridized carbons (Fsp3) is 0.280. The minimum atomic E-state index is -3.64. The van der Waals surface area contributed by atoms with Gasteiger partial charge in [0.1, 0.15) is 11.5 Å². The summed E-state index contributed by atoms with van der Waals surface area (Å²) in [6.45, 7) is 1.21. The summed E-state index contributed by atoms with van der Waals surface area (Å²) in [5.74, 6) is 0.0439. The van der Waals surface area contributed by atoms with Crippen LogP contribution in [0, 0.1) is 0 Å². The molecule has 10 heteroatoms. The van der Waals surface area contributed by atoms with Crippen molar-refractivity contribution >= 4 is 21.7 Å². The van der Waals surface area contributed by atoms with Crippen LogP contribution in [0.5, 0.6) is 11.5 Å². The van der Waals surface area contributed by atoms with Crippen molar-refractivity contribution in [2.75, 3.05) is 40.4 Å². The van der Waals surface area contributed by atoms with Crippen molar-refractivity contribution in [2.24, 2.45) is 0 Å². The van der Waals surface area contributed by atoms with Crippen LogP contribution in [0.15, 0.2) is 70.2 Å². The number of hydrogen-bond donors (Lipinski definition) is 0. The molecule has 0 bridgehead atoms. The average Bonchev–Trinajstić information content (AvgIpc) is 3.35. The van der Waals surface area contributed by atoms with Gasteiger partial charge in [0.15, 0.2) is 15.6 Å². The van der Waals surface area contributed by atoms with E-state index in [1.807, 2.05) is 0 Å². The van der Waals surface area contributed by atoms with Crippen LogP contribution in [0.1, 0.15) is 26.5 Å². The van der Waals surface area contributed by atoms with Crippen LogP contribution < -0.4 is 9.47 Å². The first-order valence-electron chi connectivity index (χ1n) is 11.0. The summed E-state index contributed by atoms with van der Waals surface area (Å²) in [7, 11) is -0.614. The van der Waals surface area contributed by atoms with E-state index in [1.165, 1.54) is 38.7 Å². The summed E-state index contributed by atoms with van der Waals surface area (Å²) in [5.41, 5.74) is 0.716. The van der Waals surface area contributed by atoms with E-state index in [0.29, 0.717) is 35.7 Å². The largest absolute Gasteiger partial charge is 0.497 e. The molecule has 0 spiro atoms. The number of piperazine rings is 1. The SMILES string of the molecule is COc1ccc(C(=O)N2CCN(C(=O)c3occc3CS(=O)(=O)c3ccccc3)CC2)c(OC)c1. The normalized spacial score (nSPS) is 14.0. The summed E-state index contributed by atoms with van der Waals surface area (Å²) < 4.78 is 41.4. The van der Waals surface area contributed by atoms with Crippen molar-refractivity contribution in [2.45, 2.75) is 10.6 Å². The number of amides is 2. The number of methoxy groups -OCH3 is 2. The van der Waals surface area contributed by atoms with Crippen LogP contribution in [-0.4, -0.2) is 70.4 Å². The number of carbonyl (C=O) groups is 2. The minimum Gasteiger partial charge on any atom is -0.497 e. The smallest absolute Gasteiger partial charge is 0.289 e. The average molecular weight is 499 g/mol. The third-order valence-electron chi connectivity index (χ3n) is 5.88. The van der Waals surface area contributed by atoms with Crippen LogP contribution in [0.2, 0.25) is 0 Å². The Morgan fingerprint density at radius 2 is 1.54 bits per heavy atom. The Morgan fingerprint density at radius 1 is 0.886 bits per heavy atom. The Labute approximate surface area is 203 Å². The van der Waals surface area contributed by atoms with Gasteiger partial charge in [-0.3, -0.25) is 9.59 Å². The number of benzene rings is 2. The summed E-state index contributed by atoms with van der Waals surface area (Å²) in [5, 5.41) is 0. The van der Waals surface area contributed by atoms with Crippen molar-refractivity contribution in [3.63, 3.8) is 0 Å². The van der Waals surface area contributed by atoms with E-state index < -0.39 is 15.7 Å². The van der Waals surface area contributed by atoms with E-state index in [-0.39, 0.29) is 35.4 Å². The first-order valence-corrected chi connectivity index (χ1v) is 12.6. The summed E-state index contributed by atoms with van der Waals surface area (Å²) in [4.78, 5) is 29.6. The van der Waals surface area contributed by atoms with E-state index in [0.717, 1.165) is 0 Å². The highest BCUT2D eigenvalue weighted by atomic mass is 32.2. The zero-order valence-corrected chi connectivity index (χ0v) is 20.3. The Hall–Kier alpha value is -3.79. The lowest BCUT2D eigenvalue weighted by atomic mass is 10.1. The van der Waals surface area contributed by atoms with Crippen LogP contribution in [0.25, 0.3) is 0 Å². The second-order valence-corrected chi connectivity index (χ2v) is 9.99. The zero-order valence-electron chi connectivity index (χ0n) is 19.5. The molecule has 0 atom stereocenters. The molecule has 35 heavy (non-hydrogen) atoms. The van der Waals surface area contributed by atoms with Gasteiger partial charge < -0.3 is 23.7 Å². The van der Waals surface area contributed by atoms with Crippen molar-refractivity contribution in [1.29, 1.82) is 0 Å². The molecule has 2 heterocycles. The van der Waals surface area contributed by atoms with Crippen molar-refractivity contribution in [1.82, 2.24) is 9.80 Å². The van der Waals surface area contributed by atoms with Crippen LogP contribution >= 0.6 is 0 Å². The van der Waals surface area contributed by atoms with Gasteiger partial charge in [-0.15, -0.1) is 0 Å². The molecule has 1 fully saturated rings. The van der Waals surface area contributed by atoms with E-state index >= 15 is 0 Å². The number of ether oxygens (including phenoxy) is 2. The molecule has 1 aliphatic heterocycles. The van der Waals surface area contributed by atoms with Gasteiger partial charge in [0.25, 0.3) is 11.8 Å². The highest BCUT2D eigenvalue weighted by molar-refractivity contribution is 7.90. The van der Waals surface area contributed by atoms with Crippen molar-refractivity contribution < 1.29 is 31.9 Å². The number of furan rings is 1. The molecule has 0 radical (unpaired) electrons. The summed E-state index contributed by atoms with van der Waals surface area (Å²) >= 11 is 0. The van der Waals surface area contributed by atoms with Gasteiger partial charge in [-0.05, 0) is 30.3 Å². The van der Waals surface area contributed by atoms with Crippen molar-refractivity contribution in [3.8, 4) is 11.5 Å². The number of sulfone groups is 1. The van der Waals surface area contributed by atoms with Gasteiger partial charge in [-0.25, -0.2) is 8.42 Å². The maximum atomic E-state index is 13.1. The second kappa shape index (κ2) is 10.2. The summed E-state index contributed by atoms with van der Waals surface area (Å²) in [6.07, 6.45) is 1.32. The van der Waals surface area contributed by atoms with Gasteiger partial charge in [0.05, 0.1) is 36.7 Å². The van der Waals surface area contributed by atoms with Gasteiger partial charge in [-0.2, -0.15) is 0 Å². The van der Waals surface area contributed by atoms with Gasteiger partial charge in [0.2, 0.25) is 0 Å².